The van der Waals surface area contributed by atoms with Gasteiger partial charge in [0.2, 0.25) is 0 Å². The molecule has 10 nitrogen and oxygen atoms in total. The Labute approximate surface area is 230 Å². The number of nitrogens with zero attached hydrogens (tertiary/aromatic N) is 2. The number of aryl methyl sites for hydroxylation is 2. The normalized spacial score (nSPS) is 12.2. The van der Waals surface area contributed by atoms with Gasteiger partial charge in [0.05, 0.1) is 11.3 Å². The zero-order valence-electron chi connectivity index (χ0n) is 23.1. The molecule has 0 aliphatic carbocycles. The number of fused-ring (bicyclic) bond motifs is 1. The van der Waals surface area contributed by atoms with Crippen molar-refractivity contribution in [1.29, 1.82) is 0 Å². The summed E-state index contributed by atoms with van der Waals surface area (Å²) in [6.07, 6.45) is 1.93. The molecule has 0 spiro atoms. The van der Waals surface area contributed by atoms with Crippen LogP contribution in [0, 0.1) is 25.5 Å². The van der Waals surface area contributed by atoms with Gasteiger partial charge in [0.15, 0.2) is 11.4 Å². The van der Waals surface area contributed by atoms with Crippen LogP contribution in [-0.2, 0) is 16.1 Å². The lowest BCUT2D eigenvalue weighted by molar-refractivity contribution is -0.139. The Morgan fingerprint density at radius 3 is 2.42 bits per heavy atom. The number of pyridine rings is 1. The van der Waals surface area contributed by atoms with E-state index in [1.54, 1.807) is 51.3 Å². The number of halogens is 2. The average Bonchev–Trinajstić information content (AvgIpc) is 3.17. The number of nitrogens with one attached hydrogen (secondary N) is 2. The van der Waals surface area contributed by atoms with E-state index in [0.29, 0.717) is 24.2 Å². The van der Waals surface area contributed by atoms with Crippen LogP contribution in [-0.4, -0.2) is 50.6 Å². The summed E-state index contributed by atoms with van der Waals surface area (Å²) < 4.78 is 40.5. The van der Waals surface area contributed by atoms with Crippen LogP contribution in [0.3, 0.4) is 0 Å². The molecule has 3 aromatic rings. The SMILES string of the molecule is Cc1cc(OCc2c(F)cccc2F)c2nc(C)c(C(=O)NCCCC[C@H](NC(=O)OC(C)(C)C)C(=O)O)n2c1. The lowest BCUT2D eigenvalue weighted by atomic mass is 10.1. The Balaban J connectivity index is 1.62. The second-order valence-electron chi connectivity index (χ2n) is 10.4. The van der Waals surface area contributed by atoms with Gasteiger partial charge in [-0.1, -0.05) is 6.07 Å². The molecule has 40 heavy (non-hydrogen) atoms. The highest BCUT2D eigenvalue weighted by Crippen LogP contribution is 2.26. The van der Waals surface area contributed by atoms with E-state index in [-0.39, 0.29) is 36.6 Å². The first kappa shape index (κ1) is 30.3. The molecule has 0 saturated heterocycles. The van der Waals surface area contributed by atoms with Gasteiger partial charge >= 0.3 is 12.1 Å². The number of carboxylic acids is 1. The molecule has 0 aliphatic heterocycles. The fourth-order valence-electron chi connectivity index (χ4n) is 4.02. The number of unbranched alkanes of at least 4 members (excludes halogenated alkanes) is 1. The molecule has 0 bridgehead atoms. The number of carboxylic acid groups (broad SMARTS) is 1. The van der Waals surface area contributed by atoms with Crippen LogP contribution in [0.25, 0.3) is 5.65 Å². The molecule has 1 aromatic carbocycles. The molecular formula is C28H34F2N4O6. The summed E-state index contributed by atoms with van der Waals surface area (Å²) >= 11 is 0. The van der Waals surface area contributed by atoms with Crippen molar-refractivity contribution in [2.24, 2.45) is 0 Å². The number of hydrogen-bond acceptors (Lipinski definition) is 6. The second kappa shape index (κ2) is 12.8. The smallest absolute Gasteiger partial charge is 0.408 e. The van der Waals surface area contributed by atoms with Gasteiger partial charge in [-0.15, -0.1) is 0 Å². The van der Waals surface area contributed by atoms with E-state index in [2.05, 4.69) is 15.6 Å². The number of hydrogen-bond donors (Lipinski definition) is 3. The predicted molar refractivity (Wildman–Crippen MR) is 142 cm³/mol. The van der Waals surface area contributed by atoms with Crippen molar-refractivity contribution in [3.63, 3.8) is 0 Å². The van der Waals surface area contributed by atoms with Crippen molar-refractivity contribution in [3.05, 3.63) is 64.6 Å². The van der Waals surface area contributed by atoms with Gasteiger partial charge in [0.25, 0.3) is 5.91 Å². The van der Waals surface area contributed by atoms with Gasteiger partial charge in [-0.3, -0.25) is 9.20 Å². The van der Waals surface area contributed by atoms with Crippen LogP contribution < -0.4 is 15.4 Å². The van der Waals surface area contributed by atoms with Gasteiger partial charge in [0.1, 0.15) is 35.6 Å². The highest BCUT2D eigenvalue weighted by atomic mass is 19.1. The highest BCUT2D eigenvalue weighted by molar-refractivity contribution is 5.95. The Kier molecular flexibility index (Phi) is 9.67. The quantitative estimate of drug-likeness (QED) is 0.290. The molecule has 0 fully saturated rings. The van der Waals surface area contributed by atoms with Gasteiger partial charge in [-0.25, -0.2) is 23.4 Å². The summed E-state index contributed by atoms with van der Waals surface area (Å²) in [6.45, 7) is 8.39. The number of aliphatic carboxylic acids is 1. The largest absolute Gasteiger partial charge is 0.485 e. The topological polar surface area (TPSA) is 131 Å². The summed E-state index contributed by atoms with van der Waals surface area (Å²) in [4.78, 5) is 40.9. The van der Waals surface area contributed by atoms with Crippen LogP contribution in [0.15, 0.2) is 30.5 Å². The Bertz CT molecular complexity index is 1380. The molecular weight excluding hydrogens is 526 g/mol. The van der Waals surface area contributed by atoms with E-state index in [1.807, 2.05) is 0 Å². The fourth-order valence-corrected chi connectivity index (χ4v) is 4.02. The first-order valence-electron chi connectivity index (χ1n) is 12.8. The van der Waals surface area contributed by atoms with Crippen LogP contribution in [0.5, 0.6) is 5.75 Å². The Hall–Kier alpha value is -4.22. The van der Waals surface area contributed by atoms with E-state index in [4.69, 9.17) is 9.47 Å². The fraction of sp³-hybridized carbons (Fsp3) is 0.429. The molecule has 216 valence electrons. The Morgan fingerprint density at radius 1 is 1.12 bits per heavy atom. The minimum absolute atomic E-state index is 0.154. The third-order valence-electron chi connectivity index (χ3n) is 5.84. The van der Waals surface area contributed by atoms with Crippen molar-refractivity contribution in [3.8, 4) is 5.75 Å². The number of benzene rings is 1. The molecule has 3 rings (SSSR count). The summed E-state index contributed by atoms with van der Waals surface area (Å²) in [5.41, 5.74) is 0.793. The monoisotopic (exact) mass is 560 g/mol. The van der Waals surface area contributed by atoms with Crippen LogP contribution >= 0.6 is 0 Å². The second-order valence-corrected chi connectivity index (χ2v) is 10.4. The lowest BCUT2D eigenvalue weighted by Gasteiger charge is -2.22. The summed E-state index contributed by atoms with van der Waals surface area (Å²) in [6, 6.07) is 4.12. The number of imidazole rings is 1. The zero-order valence-corrected chi connectivity index (χ0v) is 23.1. The zero-order chi connectivity index (χ0) is 29.6. The molecule has 0 saturated carbocycles. The number of rotatable bonds is 11. The number of amides is 2. The molecule has 2 amide bonds. The Morgan fingerprint density at radius 2 is 1.80 bits per heavy atom. The van der Waals surface area contributed by atoms with E-state index in [0.717, 1.165) is 17.7 Å². The van der Waals surface area contributed by atoms with Crippen molar-refractivity contribution >= 4 is 23.6 Å². The predicted octanol–water partition coefficient (Wildman–Crippen LogP) is 4.69. The summed E-state index contributed by atoms with van der Waals surface area (Å²) in [5, 5.41) is 14.6. The minimum Gasteiger partial charge on any atom is -0.485 e. The maximum Gasteiger partial charge on any atom is 0.408 e. The maximum atomic E-state index is 14.0. The number of aromatic nitrogens is 2. The molecule has 0 unspecified atom stereocenters. The molecule has 2 heterocycles. The van der Waals surface area contributed by atoms with E-state index >= 15 is 0 Å². The summed E-state index contributed by atoms with van der Waals surface area (Å²) in [5.74, 6) is -2.76. The molecule has 0 radical (unpaired) electrons. The molecule has 2 aromatic heterocycles. The number of carbonyl (C=O) groups excluding carboxylic acids is 2. The third kappa shape index (κ3) is 7.90. The highest BCUT2D eigenvalue weighted by Gasteiger charge is 2.24. The van der Waals surface area contributed by atoms with Crippen LogP contribution in [0.2, 0.25) is 0 Å². The van der Waals surface area contributed by atoms with Gasteiger partial charge < -0.3 is 25.2 Å². The van der Waals surface area contributed by atoms with Crippen molar-refractivity contribution < 1.29 is 37.7 Å². The van der Waals surface area contributed by atoms with Gasteiger partial charge in [0, 0.05) is 12.7 Å². The molecule has 12 heteroatoms. The standard InChI is InChI=1S/C28H34F2N4O6/c1-16-13-22(39-15-18-19(29)9-8-10-20(18)30)24-32-17(2)23(34(24)14-16)25(35)31-12-7-6-11-21(26(36)37)33-27(38)40-28(3,4)5/h8-10,13-14,21H,6-7,11-12,15H2,1-5H3,(H,31,35)(H,33,38)(H,36,37)/t21-/m0/s1. The average molecular weight is 561 g/mol. The van der Waals surface area contributed by atoms with E-state index in [9.17, 15) is 28.3 Å². The first-order valence-corrected chi connectivity index (χ1v) is 12.8. The minimum atomic E-state index is -1.18. The van der Waals surface area contributed by atoms with Crippen molar-refractivity contribution in [2.75, 3.05) is 6.54 Å². The first-order chi connectivity index (χ1) is 18.8. The molecule has 1 atom stereocenters. The van der Waals surface area contributed by atoms with Crippen molar-refractivity contribution in [1.82, 2.24) is 20.0 Å². The summed E-state index contributed by atoms with van der Waals surface area (Å²) in [7, 11) is 0. The van der Waals surface area contributed by atoms with E-state index in [1.165, 1.54) is 6.07 Å². The molecule has 3 N–H and O–H groups in total. The van der Waals surface area contributed by atoms with Gasteiger partial charge in [-0.2, -0.15) is 0 Å². The van der Waals surface area contributed by atoms with E-state index < -0.39 is 41.2 Å². The van der Waals surface area contributed by atoms with Crippen LogP contribution in [0.1, 0.15) is 67.3 Å². The number of ether oxygens (including phenoxy) is 2. The van der Waals surface area contributed by atoms with Crippen molar-refractivity contribution in [2.45, 2.75) is 72.1 Å². The number of alkyl carbamates (subject to hydrolysis) is 1. The maximum absolute atomic E-state index is 14.0. The van der Waals surface area contributed by atoms with Crippen LogP contribution in [0.4, 0.5) is 13.6 Å². The number of carbonyl (C=O) groups is 3. The third-order valence-corrected chi connectivity index (χ3v) is 5.84. The lowest BCUT2D eigenvalue weighted by Crippen LogP contribution is -2.43. The van der Waals surface area contributed by atoms with Gasteiger partial charge in [-0.05, 0) is 77.6 Å². The molecule has 0 aliphatic rings.